The molecule has 0 spiro atoms. The molecule has 0 unspecified atom stereocenters. The summed E-state index contributed by atoms with van der Waals surface area (Å²) >= 11 is 0. The number of para-hydroxylation sites is 1. The number of hydrogen-bond acceptors (Lipinski definition) is 4. The predicted octanol–water partition coefficient (Wildman–Crippen LogP) is 3.36. The lowest BCUT2D eigenvalue weighted by Gasteiger charge is -2.28. The van der Waals surface area contributed by atoms with Gasteiger partial charge in [-0.2, -0.15) is 5.26 Å². The van der Waals surface area contributed by atoms with Gasteiger partial charge in [0.25, 0.3) is 0 Å². The van der Waals surface area contributed by atoms with Gasteiger partial charge >= 0.3 is 0 Å². The lowest BCUT2D eigenvalue weighted by atomic mass is 9.99. The first kappa shape index (κ1) is 12.6. The lowest BCUT2D eigenvalue weighted by Crippen LogP contribution is -2.18. The van der Waals surface area contributed by atoms with Crippen LogP contribution < -0.4 is 4.74 Å². The van der Waals surface area contributed by atoms with Crippen molar-refractivity contribution in [2.24, 2.45) is 0 Å². The van der Waals surface area contributed by atoms with E-state index < -0.39 is 6.29 Å². The molecule has 0 fully saturated rings. The molecule has 4 heteroatoms. The average molecular weight is 266 g/mol. The van der Waals surface area contributed by atoms with E-state index in [4.69, 9.17) is 14.7 Å². The number of aryl methyl sites for hydroxylation is 1. The first-order valence-electron chi connectivity index (χ1n) is 6.54. The molecule has 0 amide bonds. The Kier molecular flexibility index (Phi) is 3.13. The fraction of sp³-hybridized carbons (Fsp3) is 0.250. The number of ether oxygens (including phenoxy) is 2. The van der Waals surface area contributed by atoms with Crippen molar-refractivity contribution in [1.29, 1.82) is 5.26 Å². The van der Waals surface area contributed by atoms with Gasteiger partial charge < -0.3 is 9.47 Å². The molecule has 100 valence electrons. The van der Waals surface area contributed by atoms with E-state index >= 15 is 0 Å². The van der Waals surface area contributed by atoms with Crippen molar-refractivity contribution in [3.05, 3.63) is 47.2 Å². The molecule has 1 aromatic heterocycles. The number of pyridine rings is 1. The lowest BCUT2D eigenvalue weighted by molar-refractivity contribution is -0.0803. The van der Waals surface area contributed by atoms with Crippen LogP contribution in [0.1, 0.15) is 30.0 Å². The van der Waals surface area contributed by atoms with Gasteiger partial charge in [-0.25, -0.2) is 0 Å². The molecule has 4 nitrogen and oxygen atoms in total. The summed E-state index contributed by atoms with van der Waals surface area (Å²) in [5.41, 5.74) is 3.86. The maximum atomic E-state index is 9.16. The van der Waals surface area contributed by atoms with Crippen LogP contribution in [0.25, 0.3) is 11.3 Å². The van der Waals surface area contributed by atoms with Gasteiger partial charge in [-0.3, -0.25) is 4.98 Å². The largest absolute Gasteiger partial charge is 0.460 e. The number of benzene rings is 1. The van der Waals surface area contributed by atoms with Crippen LogP contribution in [0.15, 0.2) is 30.3 Å². The first-order chi connectivity index (χ1) is 9.74. The molecule has 1 aliphatic rings. The van der Waals surface area contributed by atoms with E-state index in [1.807, 2.05) is 44.2 Å². The maximum Gasteiger partial charge on any atom is 0.228 e. The molecule has 0 saturated carbocycles. The molecular weight excluding hydrogens is 252 g/mol. The van der Waals surface area contributed by atoms with Gasteiger partial charge in [-0.15, -0.1) is 0 Å². The zero-order chi connectivity index (χ0) is 14.1. The topological polar surface area (TPSA) is 55.1 Å². The maximum absolute atomic E-state index is 9.16. The van der Waals surface area contributed by atoms with Gasteiger partial charge in [0.05, 0.1) is 17.0 Å². The highest BCUT2D eigenvalue weighted by atomic mass is 16.7. The van der Waals surface area contributed by atoms with E-state index in [9.17, 15) is 0 Å². The highest BCUT2D eigenvalue weighted by molar-refractivity contribution is 5.73. The number of hydrogen-bond donors (Lipinski definition) is 0. The van der Waals surface area contributed by atoms with Crippen LogP contribution in [0.3, 0.4) is 0 Å². The van der Waals surface area contributed by atoms with Gasteiger partial charge in [0.2, 0.25) is 6.29 Å². The molecule has 0 aliphatic carbocycles. The van der Waals surface area contributed by atoms with Crippen LogP contribution in [-0.2, 0) is 4.74 Å². The minimum Gasteiger partial charge on any atom is -0.460 e. The summed E-state index contributed by atoms with van der Waals surface area (Å²) in [6.07, 6.45) is -0.509. The third kappa shape index (κ3) is 1.93. The monoisotopic (exact) mass is 266 g/mol. The second-order valence-corrected chi connectivity index (χ2v) is 4.57. The number of fused-ring (bicyclic) bond motifs is 3. The second kappa shape index (κ2) is 4.95. The summed E-state index contributed by atoms with van der Waals surface area (Å²) in [7, 11) is 0. The summed E-state index contributed by atoms with van der Waals surface area (Å²) in [6.45, 7) is 4.28. The molecule has 20 heavy (non-hydrogen) atoms. The molecule has 0 bridgehead atoms. The number of nitriles is 1. The van der Waals surface area contributed by atoms with Crippen LogP contribution in [0.2, 0.25) is 0 Å². The van der Waals surface area contributed by atoms with E-state index in [1.165, 1.54) is 0 Å². The molecule has 2 aromatic rings. The Balaban J connectivity index is 2.23. The molecule has 3 rings (SSSR count). The summed E-state index contributed by atoms with van der Waals surface area (Å²) in [6, 6.07) is 11.7. The average Bonchev–Trinajstić information content (AvgIpc) is 2.47. The quantitative estimate of drug-likeness (QED) is 0.836. The van der Waals surface area contributed by atoms with Gasteiger partial charge in [0.15, 0.2) is 0 Å². The summed E-state index contributed by atoms with van der Waals surface area (Å²) in [5, 5.41) is 9.16. The SMILES string of the molecule is CCO[C@@H]1Oc2ccccc2-c2nc(C)c(C#N)cc21. The summed E-state index contributed by atoms with van der Waals surface area (Å²) in [5.74, 6) is 0.759. The van der Waals surface area contributed by atoms with Crippen LogP contribution in [0.4, 0.5) is 0 Å². The smallest absolute Gasteiger partial charge is 0.228 e. The minimum absolute atomic E-state index is 0.509. The molecule has 0 N–H and O–H groups in total. The third-order valence-corrected chi connectivity index (χ3v) is 3.31. The Bertz CT molecular complexity index is 704. The standard InChI is InChI=1S/C16H14N2O2/c1-3-19-16-13-8-11(9-17)10(2)18-15(13)12-6-4-5-7-14(12)20-16/h4-8,16H,3H2,1-2H3/t16-/m1/s1. The Morgan fingerprint density at radius 1 is 1.40 bits per heavy atom. The van der Waals surface area contributed by atoms with E-state index in [0.29, 0.717) is 12.2 Å². The van der Waals surface area contributed by atoms with Gasteiger partial charge in [-0.1, -0.05) is 12.1 Å². The zero-order valence-corrected chi connectivity index (χ0v) is 11.4. The second-order valence-electron chi connectivity index (χ2n) is 4.57. The fourth-order valence-electron chi connectivity index (χ4n) is 2.35. The third-order valence-electron chi connectivity index (χ3n) is 3.31. The first-order valence-corrected chi connectivity index (χ1v) is 6.54. The van der Waals surface area contributed by atoms with E-state index in [2.05, 4.69) is 11.1 Å². The van der Waals surface area contributed by atoms with Crippen molar-refractivity contribution in [2.75, 3.05) is 6.61 Å². The van der Waals surface area contributed by atoms with Crippen LogP contribution >= 0.6 is 0 Å². The Morgan fingerprint density at radius 3 is 2.95 bits per heavy atom. The van der Waals surface area contributed by atoms with Crippen molar-refractivity contribution in [3.8, 4) is 23.1 Å². The molecular formula is C16H14N2O2. The Hall–Kier alpha value is -2.38. The summed E-state index contributed by atoms with van der Waals surface area (Å²) < 4.78 is 11.5. The Labute approximate surface area is 117 Å². The normalized spacial score (nSPS) is 15.8. The molecule has 1 aliphatic heterocycles. The van der Waals surface area contributed by atoms with Crippen molar-refractivity contribution in [2.45, 2.75) is 20.1 Å². The molecule has 1 aromatic carbocycles. The number of rotatable bonds is 2. The number of aromatic nitrogens is 1. The zero-order valence-electron chi connectivity index (χ0n) is 11.4. The van der Waals surface area contributed by atoms with E-state index in [-0.39, 0.29) is 0 Å². The van der Waals surface area contributed by atoms with Gasteiger partial charge in [0, 0.05) is 17.7 Å². The molecule has 0 radical (unpaired) electrons. The Morgan fingerprint density at radius 2 is 2.20 bits per heavy atom. The summed E-state index contributed by atoms with van der Waals surface area (Å²) in [4.78, 5) is 4.58. The highest BCUT2D eigenvalue weighted by Crippen LogP contribution is 2.42. The molecule has 0 saturated heterocycles. The van der Waals surface area contributed by atoms with Gasteiger partial charge in [0.1, 0.15) is 11.8 Å². The molecule has 2 heterocycles. The number of nitrogens with zero attached hydrogens (tertiary/aromatic N) is 2. The predicted molar refractivity (Wildman–Crippen MR) is 74.1 cm³/mol. The van der Waals surface area contributed by atoms with Crippen LogP contribution in [0, 0.1) is 18.3 Å². The van der Waals surface area contributed by atoms with Crippen molar-refractivity contribution in [1.82, 2.24) is 4.98 Å². The molecule has 1 atom stereocenters. The van der Waals surface area contributed by atoms with E-state index in [0.717, 1.165) is 28.3 Å². The van der Waals surface area contributed by atoms with E-state index in [1.54, 1.807) is 0 Å². The fourth-order valence-corrected chi connectivity index (χ4v) is 2.35. The van der Waals surface area contributed by atoms with Crippen molar-refractivity contribution < 1.29 is 9.47 Å². The highest BCUT2D eigenvalue weighted by Gasteiger charge is 2.28. The van der Waals surface area contributed by atoms with Crippen molar-refractivity contribution >= 4 is 0 Å². The van der Waals surface area contributed by atoms with Crippen LogP contribution in [-0.4, -0.2) is 11.6 Å². The van der Waals surface area contributed by atoms with Crippen molar-refractivity contribution in [3.63, 3.8) is 0 Å². The van der Waals surface area contributed by atoms with Gasteiger partial charge in [-0.05, 0) is 32.0 Å². The minimum atomic E-state index is -0.509. The van der Waals surface area contributed by atoms with Crippen LogP contribution in [0.5, 0.6) is 5.75 Å².